The monoisotopic (exact) mass is 234 g/mol. The van der Waals surface area contributed by atoms with Crippen molar-refractivity contribution in [3.8, 4) is 0 Å². The molecule has 1 saturated carbocycles. The van der Waals surface area contributed by atoms with Crippen molar-refractivity contribution in [3.63, 3.8) is 0 Å². The second-order valence-corrected chi connectivity index (χ2v) is 6.52. The Kier molecular flexibility index (Phi) is 3.30. The Morgan fingerprint density at radius 2 is 1.82 bits per heavy atom. The highest BCUT2D eigenvalue weighted by Gasteiger charge is 2.43. The molecule has 2 fully saturated rings. The van der Waals surface area contributed by atoms with E-state index in [0.717, 1.165) is 11.8 Å². The minimum absolute atomic E-state index is 0.501. The Balaban J connectivity index is 1.88. The van der Waals surface area contributed by atoms with Gasteiger partial charge in [-0.25, -0.2) is 0 Å². The summed E-state index contributed by atoms with van der Waals surface area (Å²) in [6.07, 6.45) is 13.2. The number of allylic oxidation sites excluding steroid dienone is 1. The molecule has 17 heavy (non-hydrogen) atoms. The van der Waals surface area contributed by atoms with Crippen molar-refractivity contribution in [1.29, 1.82) is 0 Å². The molecule has 2 aliphatic carbocycles. The lowest BCUT2D eigenvalue weighted by Crippen LogP contribution is -2.47. The van der Waals surface area contributed by atoms with Crippen molar-refractivity contribution in [2.24, 2.45) is 17.8 Å². The van der Waals surface area contributed by atoms with Gasteiger partial charge in [-0.2, -0.15) is 0 Å². The predicted molar refractivity (Wildman–Crippen MR) is 70.9 cm³/mol. The quantitative estimate of drug-likeness (QED) is 0.614. The van der Waals surface area contributed by atoms with E-state index in [1.807, 2.05) is 0 Å². The van der Waals surface area contributed by atoms with Gasteiger partial charge in [0.05, 0.1) is 12.2 Å². The average Bonchev–Trinajstić information content (AvgIpc) is 2.37. The zero-order valence-electron chi connectivity index (χ0n) is 11.3. The lowest BCUT2D eigenvalue weighted by Gasteiger charge is -2.48. The summed E-state index contributed by atoms with van der Waals surface area (Å²) in [6, 6.07) is 0. The van der Waals surface area contributed by atoms with E-state index in [1.54, 1.807) is 5.57 Å². The van der Waals surface area contributed by atoms with Crippen LogP contribution in [0.3, 0.4) is 0 Å². The molecule has 0 unspecified atom stereocenters. The SMILES string of the molecule is CC(C)[C@@H]1O[C@H]2CCCC[C@H]2C2=CCCC[C@@H]21. The second kappa shape index (κ2) is 4.76. The van der Waals surface area contributed by atoms with Crippen molar-refractivity contribution < 1.29 is 4.74 Å². The predicted octanol–water partition coefficient (Wildman–Crippen LogP) is 4.33. The van der Waals surface area contributed by atoms with Gasteiger partial charge in [0.1, 0.15) is 0 Å². The molecule has 96 valence electrons. The van der Waals surface area contributed by atoms with Crippen LogP contribution in [0.15, 0.2) is 11.6 Å². The molecule has 0 bridgehead atoms. The van der Waals surface area contributed by atoms with Crippen molar-refractivity contribution in [3.05, 3.63) is 11.6 Å². The minimum Gasteiger partial charge on any atom is -0.373 e. The fraction of sp³-hybridized carbons (Fsp3) is 0.875. The van der Waals surface area contributed by atoms with Gasteiger partial charge in [0.2, 0.25) is 0 Å². The van der Waals surface area contributed by atoms with Gasteiger partial charge < -0.3 is 4.74 Å². The van der Waals surface area contributed by atoms with Gasteiger partial charge in [0.25, 0.3) is 0 Å². The van der Waals surface area contributed by atoms with Crippen molar-refractivity contribution in [2.45, 2.75) is 71.0 Å². The summed E-state index contributed by atoms with van der Waals surface area (Å²) in [7, 11) is 0. The van der Waals surface area contributed by atoms with Gasteiger partial charge in [0, 0.05) is 11.8 Å². The van der Waals surface area contributed by atoms with E-state index >= 15 is 0 Å². The Labute approximate surface area is 106 Å². The van der Waals surface area contributed by atoms with Crippen LogP contribution in [0, 0.1) is 17.8 Å². The molecule has 3 aliphatic rings. The van der Waals surface area contributed by atoms with Crippen molar-refractivity contribution in [1.82, 2.24) is 0 Å². The molecule has 0 aromatic heterocycles. The molecule has 1 heteroatoms. The van der Waals surface area contributed by atoms with Crippen LogP contribution < -0.4 is 0 Å². The van der Waals surface area contributed by atoms with E-state index in [1.165, 1.54) is 44.9 Å². The van der Waals surface area contributed by atoms with E-state index in [-0.39, 0.29) is 0 Å². The molecule has 1 saturated heterocycles. The van der Waals surface area contributed by atoms with Gasteiger partial charge in [-0.15, -0.1) is 0 Å². The summed E-state index contributed by atoms with van der Waals surface area (Å²) in [6.45, 7) is 4.67. The highest BCUT2D eigenvalue weighted by atomic mass is 16.5. The van der Waals surface area contributed by atoms with Crippen molar-refractivity contribution in [2.75, 3.05) is 0 Å². The first kappa shape index (κ1) is 11.8. The van der Waals surface area contributed by atoms with Crippen LogP contribution in [-0.2, 0) is 4.74 Å². The third-order valence-corrected chi connectivity index (χ3v) is 5.04. The molecule has 1 aliphatic heterocycles. The molecule has 0 aromatic rings. The van der Waals surface area contributed by atoms with Gasteiger partial charge in [0.15, 0.2) is 0 Å². The molecule has 4 atom stereocenters. The largest absolute Gasteiger partial charge is 0.373 e. The lowest BCUT2D eigenvalue weighted by atomic mass is 9.67. The third-order valence-electron chi connectivity index (χ3n) is 5.04. The van der Waals surface area contributed by atoms with E-state index < -0.39 is 0 Å². The molecule has 0 aromatic carbocycles. The zero-order valence-corrected chi connectivity index (χ0v) is 11.3. The molecular weight excluding hydrogens is 208 g/mol. The molecule has 1 nitrogen and oxygen atoms in total. The summed E-state index contributed by atoms with van der Waals surface area (Å²) < 4.78 is 6.48. The Hall–Kier alpha value is -0.300. The van der Waals surface area contributed by atoms with Gasteiger partial charge in [-0.3, -0.25) is 0 Å². The first-order chi connectivity index (χ1) is 8.27. The molecule has 0 spiro atoms. The number of ether oxygens (including phenoxy) is 1. The van der Waals surface area contributed by atoms with Crippen LogP contribution in [0.2, 0.25) is 0 Å². The van der Waals surface area contributed by atoms with Crippen LogP contribution in [0.4, 0.5) is 0 Å². The topological polar surface area (TPSA) is 9.23 Å². The molecular formula is C16H26O. The lowest BCUT2D eigenvalue weighted by molar-refractivity contribution is -0.121. The molecule has 0 N–H and O–H groups in total. The summed E-state index contributed by atoms with van der Waals surface area (Å²) >= 11 is 0. The van der Waals surface area contributed by atoms with E-state index in [9.17, 15) is 0 Å². The smallest absolute Gasteiger partial charge is 0.0667 e. The maximum atomic E-state index is 6.48. The Morgan fingerprint density at radius 3 is 2.65 bits per heavy atom. The Morgan fingerprint density at radius 1 is 1.06 bits per heavy atom. The standard InChI is InChI=1S/C16H26O/c1-11(2)16-14-9-4-3-7-12(14)13-8-5-6-10-15(13)17-16/h7,11,13-16H,3-6,8-10H2,1-2H3/t13-,14-,15-,16-/m0/s1. The molecule has 0 radical (unpaired) electrons. The van der Waals surface area contributed by atoms with E-state index in [2.05, 4.69) is 19.9 Å². The third kappa shape index (κ3) is 2.07. The summed E-state index contributed by atoms with van der Waals surface area (Å²) in [5.74, 6) is 2.21. The summed E-state index contributed by atoms with van der Waals surface area (Å²) in [5.41, 5.74) is 1.80. The second-order valence-electron chi connectivity index (χ2n) is 6.52. The van der Waals surface area contributed by atoms with Crippen molar-refractivity contribution >= 4 is 0 Å². The average molecular weight is 234 g/mol. The highest BCUT2D eigenvalue weighted by molar-refractivity contribution is 5.20. The van der Waals surface area contributed by atoms with Gasteiger partial charge in [-0.05, 0) is 38.0 Å². The molecule has 1 heterocycles. The summed E-state index contributed by atoms with van der Waals surface area (Å²) in [5, 5.41) is 0. The van der Waals surface area contributed by atoms with Crippen LogP contribution >= 0.6 is 0 Å². The summed E-state index contributed by atoms with van der Waals surface area (Å²) in [4.78, 5) is 0. The fourth-order valence-electron chi connectivity index (χ4n) is 4.26. The van der Waals surface area contributed by atoms with Crippen LogP contribution in [-0.4, -0.2) is 12.2 Å². The maximum absolute atomic E-state index is 6.48. The van der Waals surface area contributed by atoms with Gasteiger partial charge in [-0.1, -0.05) is 38.3 Å². The number of rotatable bonds is 1. The zero-order chi connectivity index (χ0) is 11.8. The van der Waals surface area contributed by atoms with E-state index in [4.69, 9.17) is 4.74 Å². The van der Waals surface area contributed by atoms with Crippen LogP contribution in [0.25, 0.3) is 0 Å². The highest BCUT2D eigenvalue weighted by Crippen LogP contribution is 2.47. The number of fused-ring (bicyclic) bond motifs is 3. The number of hydrogen-bond donors (Lipinski definition) is 0. The van der Waals surface area contributed by atoms with Crippen LogP contribution in [0.1, 0.15) is 58.8 Å². The fourth-order valence-corrected chi connectivity index (χ4v) is 4.26. The number of hydrogen-bond acceptors (Lipinski definition) is 1. The normalized spacial score (nSPS) is 41.7. The molecule has 0 amide bonds. The maximum Gasteiger partial charge on any atom is 0.0667 e. The molecule has 3 rings (SSSR count). The van der Waals surface area contributed by atoms with Crippen LogP contribution in [0.5, 0.6) is 0 Å². The van der Waals surface area contributed by atoms with Gasteiger partial charge >= 0.3 is 0 Å². The Bertz CT molecular complexity index is 305. The first-order valence-corrected chi connectivity index (χ1v) is 7.63. The minimum atomic E-state index is 0.501. The first-order valence-electron chi connectivity index (χ1n) is 7.63. The van der Waals surface area contributed by atoms with E-state index in [0.29, 0.717) is 18.1 Å².